The molecule has 2 bridgehead atoms. The van der Waals surface area contributed by atoms with Crippen LogP contribution in [0.1, 0.15) is 38.5 Å². The molecule has 3 rings (SSSR count). The topological polar surface area (TPSA) is 18.5 Å². The van der Waals surface area contributed by atoms with Gasteiger partial charge in [0.1, 0.15) is 0 Å². The van der Waals surface area contributed by atoms with E-state index in [1.807, 2.05) is 0 Å². The molecular formula is C15H26F3N3. The van der Waals surface area contributed by atoms with Crippen LogP contribution in [0.2, 0.25) is 0 Å². The highest BCUT2D eigenvalue weighted by Crippen LogP contribution is 2.33. The van der Waals surface area contributed by atoms with E-state index in [1.165, 1.54) is 24.2 Å². The number of piperidine rings is 2. The fourth-order valence-electron chi connectivity index (χ4n) is 4.45. The molecule has 3 aliphatic heterocycles. The number of hydrogen-bond donors (Lipinski definition) is 1. The first-order valence-electron chi connectivity index (χ1n) is 8.18. The smallest absolute Gasteiger partial charge is 0.310 e. The Morgan fingerprint density at radius 3 is 2.33 bits per heavy atom. The van der Waals surface area contributed by atoms with Crippen molar-refractivity contribution in [2.75, 3.05) is 26.7 Å². The lowest BCUT2D eigenvalue weighted by Crippen LogP contribution is -2.56. The van der Waals surface area contributed by atoms with Gasteiger partial charge >= 0.3 is 6.18 Å². The number of hydrogen-bond acceptors (Lipinski definition) is 3. The molecule has 3 fully saturated rings. The Kier molecular flexibility index (Phi) is 4.48. The molecule has 0 aromatic heterocycles. The number of rotatable bonds is 3. The van der Waals surface area contributed by atoms with Gasteiger partial charge in [-0.1, -0.05) is 6.42 Å². The molecule has 0 aromatic carbocycles. The van der Waals surface area contributed by atoms with Crippen molar-refractivity contribution < 1.29 is 13.2 Å². The maximum Gasteiger partial charge on any atom is 0.401 e. The highest BCUT2D eigenvalue weighted by molar-refractivity contribution is 4.95. The summed E-state index contributed by atoms with van der Waals surface area (Å²) in [5, 5.41) is 3.65. The van der Waals surface area contributed by atoms with E-state index in [9.17, 15) is 13.2 Å². The van der Waals surface area contributed by atoms with Crippen molar-refractivity contribution >= 4 is 0 Å². The maximum absolute atomic E-state index is 12.4. The van der Waals surface area contributed by atoms with Crippen molar-refractivity contribution in [3.05, 3.63) is 0 Å². The van der Waals surface area contributed by atoms with Gasteiger partial charge in [0.25, 0.3) is 0 Å². The van der Waals surface area contributed by atoms with Crippen LogP contribution in [0.25, 0.3) is 0 Å². The molecule has 0 radical (unpaired) electrons. The van der Waals surface area contributed by atoms with Crippen LogP contribution >= 0.6 is 0 Å². The molecular weight excluding hydrogens is 279 g/mol. The molecule has 3 saturated heterocycles. The third kappa shape index (κ3) is 3.90. The third-order valence-corrected chi connectivity index (χ3v) is 5.49. The van der Waals surface area contributed by atoms with Crippen molar-refractivity contribution in [1.29, 1.82) is 0 Å². The third-order valence-electron chi connectivity index (χ3n) is 5.49. The van der Waals surface area contributed by atoms with Gasteiger partial charge in [-0.25, -0.2) is 0 Å². The summed E-state index contributed by atoms with van der Waals surface area (Å²) in [6, 6.07) is 2.07. The molecule has 0 saturated carbocycles. The standard InChI is InChI=1S/C15H26F3N3/c1-20-13-3-2-4-14(20)8-12(7-13)19-11-5-6-21(9-11)10-15(16,17)18/h11-14,19H,2-10H2,1H3. The van der Waals surface area contributed by atoms with Crippen LogP contribution < -0.4 is 5.32 Å². The second kappa shape index (κ2) is 6.05. The van der Waals surface area contributed by atoms with Gasteiger partial charge < -0.3 is 10.2 Å². The van der Waals surface area contributed by atoms with Gasteiger partial charge in [0.15, 0.2) is 0 Å². The Hall–Kier alpha value is -0.330. The number of alkyl halides is 3. The summed E-state index contributed by atoms with van der Waals surface area (Å²) in [4.78, 5) is 4.06. The minimum atomic E-state index is -4.07. The van der Waals surface area contributed by atoms with E-state index < -0.39 is 12.7 Å². The summed E-state index contributed by atoms with van der Waals surface area (Å²) in [5.74, 6) is 0. The second-order valence-electron chi connectivity index (χ2n) is 7.07. The summed E-state index contributed by atoms with van der Waals surface area (Å²) in [6.45, 7) is 0.349. The number of halogens is 3. The number of fused-ring (bicyclic) bond motifs is 2. The molecule has 3 nitrogen and oxygen atoms in total. The summed E-state index contributed by atoms with van der Waals surface area (Å²) < 4.78 is 37.3. The number of likely N-dealkylation sites (tertiary alicyclic amines) is 1. The monoisotopic (exact) mass is 305 g/mol. The zero-order valence-electron chi connectivity index (χ0n) is 12.7. The van der Waals surface area contributed by atoms with Crippen molar-refractivity contribution in [1.82, 2.24) is 15.1 Å². The lowest BCUT2D eigenvalue weighted by atomic mass is 9.82. The minimum Gasteiger partial charge on any atom is -0.310 e. The minimum absolute atomic E-state index is 0.237. The molecule has 1 N–H and O–H groups in total. The Labute approximate surface area is 124 Å². The van der Waals surface area contributed by atoms with Crippen molar-refractivity contribution in [2.45, 2.75) is 68.9 Å². The molecule has 3 unspecified atom stereocenters. The molecule has 21 heavy (non-hydrogen) atoms. The zero-order chi connectivity index (χ0) is 15.0. The van der Waals surface area contributed by atoms with Crippen LogP contribution in [-0.4, -0.2) is 66.8 Å². The molecule has 122 valence electrons. The maximum atomic E-state index is 12.4. The van der Waals surface area contributed by atoms with Crippen LogP contribution in [0.4, 0.5) is 13.2 Å². The Morgan fingerprint density at radius 1 is 1.05 bits per heavy atom. The van der Waals surface area contributed by atoms with Crippen LogP contribution in [0, 0.1) is 0 Å². The first kappa shape index (κ1) is 15.6. The average Bonchev–Trinajstić information content (AvgIpc) is 2.75. The summed E-state index contributed by atoms with van der Waals surface area (Å²) in [6.07, 6.45) is 2.96. The van der Waals surface area contributed by atoms with Gasteiger partial charge in [-0.3, -0.25) is 4.90 Å². The summed E-state index contributed by atoms with van der Waals surface area (Å²) >= 11 is 0. The van der Waals surface area contributed by atoms with E-state index in [2.05, 4.69) is 17.3 Å². The van der Waals surface area contributed by atoms with Gasteiger partial charge in [0.2, 0.25) is 0 Å². The predicted octanol–water partition coefficient (Wildman–Crippen LogP) is 2.23. The molecule has 6 heteroatoms. The van der Waals surface area contributed by atoms with Crippen molar-refractivity contribution in [2.24, 2.45) is 0 Å². The largest absolute Gasteiger partial charge is 0.401 e. The fourth-order valence-corrected chi connectivity index (χ4v) is 4.45. The van der Waals surface area contributed by atoms with Crippen LogP contribution in [-0.2, 0) is 0 Å². The lowest BCUT2D eigenvalue weighted by molar-refractivity contribution is -0.143. The van der Waals surface area contributed by atoms with Crippen molar-refractivity contribution in [3.63, 3.8) is 0 Å². The lowest BCUT2D eigenvalue weighted by Gasteiger charge is -2.47. The molecule has 0 amide bonds. The first-order valence-corrected chi connectivity index (χ1v) is 8.18. The molecule has 3 aliphatic rings. The molecule has 0 spiro atoms. The van der Waals surface area contributed by atoms with Gasteiger partial charge in [-0.05, 0) is 39.2 Å². The highest BCUT2D eigenvalue weighted by Gasteiger charge is 2.38. The van der Waals surface area contributed by atoms with Crippen LogP contribution in [0.5, 0.6) is 0 Å². The second-order valence-corrected chi connectivity index (χ2v) is 7.07. The molecule has 0 aromatic rings. The van der Waals surface area contributed by atoms with Gasteiger partial charge in [0.05, 0.1) is 6.54 Å². The Bertz CT molecular complexity index is 347. The Balaban J connectivity index is 1.47. The summed E-state index contributed by atoms with van der Waals surface area (Å²) in [7, 11) is 2.23. The summed E-state index contributed by atoms with van der Waals surface area (Å²) in [5.41, 5.74) is 0. The zero-order valence-corrected chi connectivity index (χ0v) is 12.7. The SMILES string of the molecule is CN1C2CCCC1CC(NC1CCN(CC(F)(F)F)C1)C2. The highest BCUT2D eigenvalue weighted by atomic mass is 19.4. The Morgan fingerprint density at radius 2 is 1.71 bits per heavy atom. The molecule has 3 atom stereocenters. The van der Waals surface area contributed by atoms with E-state index in [-0.39, 0.29) is 6.04 Å². The van der Waals surface area contributed by atoms with Crippen molar-refractivity contribution in [3.8, 4) is 0 Å². The van der Waals surface area contributed by atoms with Crippen LogP contribution in [0.15, 0.2) is 0 Å². The van der Waals surface area contributed by atoms with E-state index in [0.29, 0.717) is 31.2 Å². The van der Waals surface area contributed by atoms with Crippen LogP contribution in [0.3, 0.4) is 0 Å². The van der Waals surface area contributed by atoms with Gasteiger partial charge in [-0.15, -0.1) is 0 Å². The fraction of sp³-hybridized carbons (Fsp3) is 1.00. The number of nitrogens with zero attached hydrogens (tertiary/aromatic N) is 2. The average molecular weight is 305 g/mol. The van der Waals surface area contributed by atoms with E-state index >= 15 is 0 Å². The molecule has 0 aliphatic carbocycles. The van der Waals surface area contributed by atoms with E-state index in [1.54, 1.807) is 0 Å². The predicted molar refractivity (Wildman–Crippen MR) is 76.2 cm³/mol. The normalized spacial score (nSPS) is 38.9. The first-order chi connectivity index (χ1) is 9.90. The quantitative estimate of drug-likeness (QED) is 0.862. The van der Waals surface area contributed by atoms with E-state index in [4.69, 9.17) is 0 Å². The number of nitrogens with one attached hydrogen (secondary N) is 1. The van der Waals surface area contributed by atoms with Gasteiger partial charge in [-0.2, -0.15) is 13.2 Å². The molecule has 3 heterocycles. The van der Waals surface area contributed by atoms with Gasteiger partial charge in [0, 0.05) is 37.3 Å². The van der Waals surface area contributed by atoms with E-state index in [0.717, 1.165) is 19.3 Å².